The van der Waals surface area contributed by atoms with Gasteiger partial charge in [0.15, 0.2) is 0 Å². The highest BCUT2D eigenvalue weighted by Gasteiger charge is 2.14. The molecule has 0 bridgehead atoms. The van der Waals surface area contributed by atoms with Gasteiger partial charge in [0.05, 0.1) is 157 Å². The van der Waals surface area contributed by atoms with E-state index in [1.54, 1.807) is 12.1 Å². The highest BCUT2D eigenvalue weighted by atomic mass is 32.2. The molecule has 17 heteroatoms. The standard InChI is InChI=1S/C37H66O16S/c1-3-4-5-6-37(38)52-33-31-50-29-27-48-25-23-46-21-19-44-17-15-42-13-11-41-12-14-43-16-18-45-20-22-47-24-26-49-28-30-51-32-34-53-54(39,40)36-9-7-35(2)8-10-36/h7-10H,3-6,11-34H2,1-2H3. The summed E-state index contributed by atoms with van der Waals surface area (Å²) in [5.74, 6) is -0.167. The van der Waals surface area contributed by atoms with Crippen LogP contribution >= 0.6 is 0 Å². The van der Waals surface area contributed by atoms with Crippen LogP contribution in [0.4, 0.5) is 0 Å². The van der Waals surface area contributed by atoms with Crippen molar-refractivity contribution in [3.8, 4) is 0 Å². The molecule has 16 nitrogen and oxygen atoms in total. The molecule has 0 N–H and O–H groups in total. The van der Waals surface area contributed by atoms with Gasteiger partial charge in [0.25, 0.3) is 10.1 Å². The van der Waals surface area contributed by atoms with E-state index in [4.69, 9.17) is 61.0 Å². The molecule has 0 unspecified atom stereocenters. The van der Waals surface area contributed by atoms with Gasteiger partial charge in [-0.2, -0.15) is 8.42 Å². The zero-order chi connectivity index (χ0) is 39.1. The SMILES string of the molecule is CCCCCC(=O)OCCOCCOCCOCCOCCOCCOCCOCCOCCOCCOCCOCCOS(=O)(=O)c1ccc(C)cc1. The van der Waals surface area contributed by atoms with Gasteiger partial charge in [-0.05, 0) is 25.5 Å². The Labute approximate surface area is 322 Å². The van der Waals surface area contributed by atoms with E-state index in [-0.39, 0.29) is 30.7 Å². The van der Waals surface area contributed by atoms with Gasteiger partial charge in [-0.15, -0.1) is 0 Å². The van der Waals surface area contributed by atoms with Gasteiger partial charge in [-0.25, -0.2) is 0 Å². The molecule has 1 aromatic rings. The van der Waals surface area contributed by atoms with E-state index in [0.29, 0.717) is 145 Å². The summed E-state index contributed by atoms with van der Waals surface area (Å²) in [5, 5.41) is 0. The van der Waals surface area contributed by atoms with Crippen LogP contribution in [0.5, 0.6) is 0 Å². The zero-order valence-corrected chi connectivity index (χ0v) is 33.4. The third-order valence-electron chi connectivity index (χ3n) is 6.97. The number of ether oxygens (including phenoxy) is 12. The summed E-state index contributed by atoms with van der Waals surface area (Å²) in [6, 6.07) is 6.47. The lowest BCUT2D eigenvalue weighted by molar-refractivity contribution is -0.145. The fourth-order valence-corrected chi connectivity index (χ4v) is 4.98. The predicted octanol–water partition coefficient (Wildman–Crippen LogP) is 3.01. The third-order valence-corrected chi connectivity index (χ3v) is 8.30. The third kappa shape index (κ3) is 33.5. The Hall–Kier alpha value is -1.84. The molecule has 0 radical (unpaired) electrons. The van der Waals surface area contributed by atoms with Crippen molar-refractivity contribution in [1.29, 1.82) is 0 Å². The molecule has 0 saturated heterocycles. The predicted molar refractivity (Wildman–Crippen MR) is 198 cm³/mol. The number of aryl methyl sites for hydroxylation is 1. The van der Waals surface area contributed by atoms with Crippen LogP contribution in [0, 0.1) is 6.92 Å². The van der Waals surface area contributed by atoms with Crippen LogP contribution in [-0.2, 0) is 75.9 Å². The molecule has 316 valence electrons. The molecule has 1 aromatic carbocycles. The maximum absolute atomic E-state index is 12.1. The quantitative estimate of drug-likeness (QED) is 0.0537. The summed E-state index contributed by atoms with van der Waals surface area (Å²) in [6.07, 6.45) is 3.46. The number of unbranched alkanes of at least 4 members (excludes halogenated alkanes) is 2. The van der Waals surface area contributed by atoms with E-state index in [1.165, 1.54) is 12.1 Å². The summed E-state index contributed by atoms with van der Waals surface area (Å²) < 4.78 is 94.1. The lowest BCUT2D eigenvalue weighted by Crippen LogP contribution is -2.16. The average Bonchev–Trinajstić information content (AvgIpc) is 3.16. The number of esters is 1. The fraction of sp³-hybridized carbons (Fsp3) is 0.811. The van der Waals surface area contributed by atoms with Crippen molar-refractivity contribution in [2.45, 2.75) is 44.4 Å². The molecule has 54 heavy (non-hydrogen) atoms. The Bertz CT molecular complexity index is 1060. The first-order valence-corrected chi connectivity index (χ1v) is 20.3. The van der Waals surface area contributed by atoms with Gasteiger partial charge >= 0.3 is 5.97 Å². The minimum atomic E-state index is -3.78. The fourth-order valence-electron chi connectivity index (χ4n) is 4.08. The normalized spacial score (nSPS) is 11.7. The van der Waals surface area contributed by atoms with Crippen LogP contribution in [0.3, 0.4) is 0 Å². The van der Waals surface area contributed by atoms with Crippen molar-refractivity contribution in [2.24, 2.45) is 0 Å². The van der Waals surface area contributed by atoms with E-state index >= 15 is 0 Å². The molecule has 0 aliphatic carbocycles. The number of carbonyl (C=O) groups is 1. The number of rotatable bonds is 42. The molecular weight excluding hydrogens is 732 g/mol. The van der Waals surface area contributed by atoms with Gasteiger partial charge in [0, 0.05) is 6.42 Å². The molecule has 0 spiro atoms. The summed E-state index contributed by atoms with van der Waals surface area (Å²) >= 11 is 0. The van der Waals surface area contributed by atoms with Crippen LogP contribution < -0.4 is 0 Å². The van der Waals surface area contributed by atoms with Gasteiger partial charge in [0.2, 0.25) is 0 Å². The average molecular weight is 799 g/mol. The lowest BCUT2D eigenvalue weighted by Gasteiger charge is -2.09. The summed E-state index contributed by atoms with van der Waals surface area (Å²) in [6.45, 7) is 13.7. The molecule has 0 aliphatic heterocycles. The van der Waals surface area contributed by atoms with E-state index < -0.39 is 10.1 Å². The number of benzene rings is 1. The Morgan fingerprint density at radius 3 is 1.06 bits per heavy atom. The highest BCUT2D eigenvalue weighted by molar-refractivity contribution is 7.86. The minimum absolute atomic E-state index is 0.0641. The van der Waals surface area contributed by atoms with Gasteiger partial charge < -0.3 is 56.8 Å². The lowest BCUT2D eigenvalue weighted by atomic mass is 10.2. The van der Waals surface area contributed by atoms with Crippen LogP contribution in [0.1, 0.15) is 38.2 Å². The van der Waals surface area contributed by atoms with Crippen LogP contribution in [0.15, 0.2) is 29.2 Å². The topological polar surface area (TPSA) is 171 Å². The molecular formula is C37H66O16S. The summed E-state index contributed by atoms with van der Waals surface area (Å²) in [5.41, 5.74) is 0.972. The van der Waals surface area contributed by atoms with Crippen LogP contribution in [0.25, 0.3) is 0 Å². The Kier molecular flexibility index (Phi) is 35.4. The first-order valence-electron chi connectivity index (χ1n) is 18.9. The van der Waals surface area contributed by atoms with Crippen molar-refractivity contribution in [3.05, 3.63) is 29.8 Å². The highest BCUT2D eigenvalue weighted by Crippen LogP contribution is 2.13. The molecule has 0 amide bonds. The van der Waals surface area contributed by atoms with Gasteiger partial charge in [-0.1, -0.05) is 37.5 Å². The second kappa shape index (κ2) is 38.1. The molecule has 0 saturated carbocycles. The maximum Gasteiger partial charge on any atom is 0.305 e. The van der Waals surface area contributed by atoms with Crippen molar-refractivity contribution in [3.63, 3.8) is 0 Å². The van der Waals surface area contributed by atoms with E-state index in [1.807, 2.05) is 6.92 Å². The zero-order valence-electron chi connectivity index (χ0n) is 32.5. The van der Waals surface area contributed by atoms with Crippen molar-refractivity contribution in [1.82, 2.24) is 0 Å². The van der Waals surface area contributed by atoms with Crippen LogP contribution in [0.2, 0.25) is 0 Å². The van der Waals surface area contributed by atoms with E-state index in [0.717, 1.165) is 24.8 Å². The summed E-state index contributed by atoms with van der Waals surface area (Å²) in [7, 11) is -3.78. The van der Waals surface area contributed by atoms with Gasteiger partial charge in [0.1, 0.15) is 6.61 Å². The van der Waals surface area contributed by atoms with E-state index in [9.17, 15) is 13.2 Å². The maximum atomic E-state index is 12.1. The Morgan fingerprint density at radius 1 is 0.444 bits per heavy atom. The summed E-state index contributed by atoms with van der Waals surface area (Å²) in [4.78, 5) is 11.6. The van der Waals surface area contributed by atoms with Crippen LogP contribution in [-0.4, -0.2) is 173 Å². The largest absolute Gasteiger partial charge is 0.463 e. The molecule has 1 rings (SSSR count). The Balaban J connectivity index is 1.66. The number of carbonyl (C=O) groups excluding carboxylic acids is 1. The second-order valence-electron chi connectivity index (χ2n) is 11.5. The molecule has 0 atom stereocenters. The molecule has 0 aliphatic rings. The second-order valence-corrected chi connectivity index (χ2v) is 13.1. The molecule has 0 aromatic heterocycles. The van der Waals surface area contributed by atoms with Crippen molar-refractivity contribution >= 4 is 16.1 Å². The first kappa shape index (κ1) is 50.2. The first-order chi connectivity index (χ1) is 26.5. The number of hydrogen-bond donors (Lipinski definition) is 0. The smallest absolute Gasteiger partial charge is 0.305 e. The van der Waals surface area contributed by atoms with Crippen molar-refractivity contribution < 1.29 is 74.2 Å². The number of hydrogen-bond acceptors (Lipinski definition) is 16. The molecule has 0 fully saturated rings. The van der Waals surface area contributed by atoms with Crippen molar-refractivity contribution in [2.75, 3.05) is 159 Å². The monoisotopic (exact) mass is 798 g/mol. The minimum Gasteiger partial charge on any atom is -0.463 e. The van der Waals surface area contributed by atoms with E-state index in [2.05, 4.69) is 6.92 Å². The Morgan fingerprint density at radius 2 is 0.741 bits per heavy atom. The van der Waals surface area contributed by atoms with Gasteiger partial charge in [-0.3, -0.25) is 8.98 Å². The molecule has 0 heterocycles.